The van der Waals surface area contributed by atoms with Gasteiger partial charge in [-0.3, -0.25) is 24.7 Å². The van der Waals surface area contributed by atoms with Gasteiger partial charge in [-0.2, -0.15) is 0 Å². The molecule has 0 radical (unpaired) electrons. The number of carbonyl (C=O) groups excluding carboxylic acids is 3. The van der Waals surface area contributed by atoms with Crippen molar-refractivity contribution in [2.75, 3.05) is 10.2 Å². The van der Waals surface area contributed by atoms with Gasteiger partial charge in [0, 0.05) is 10.6 Å². The molecule has 34 heavy (non-hydrogen) atoms. The first-order chi connectivity index (χ1) is 16.3. The molecule has 1 aliphatic rings. The number of hydrogen-bond acceptors (Lipinski definition) is 4. The van der Waals surface area contributed by atoms with E-state index in [-0.39, 0.29) is 22.8 Å². The van der Waals surface area contributed by atoms with Crippen molar-refractivity contribution >= 4 is 58.0 Å². The molecule has 172 valence electrons. The van der Waals surface area contributed by atoms with Crippen molar-refractivity contribution in [1.82, 2.24) is 10.4 Å². The molecular weight excluding hydrogens is 479 g/mol. The minimum atomic E-state index is -1.14. The summed E-state index contributed by atoms with van der Waals surface area (Å²) >= 11 is 11.4. The van der Waals surface area contributed by atoms with Crippen LogP contribution in [0.25, 0.3) is 0 Å². The molecule has 1 saturated heterocycles. The van der Waals surface area contributed by atoms with Crippen LogP contribution in [0.1, 0.15) is 16.8 Å². The topological polar surface area (TPSA) is 81.8 Å². The first-order valence-corrected chi connectivity index (χ1v) is 11.0. The number of nitrogens with one attached hydrogen (secondary N) is 2. The normalized spacial score (nSPS) is 15.4. The van der Waals surface area contributed by atoms with Crippen LogP contribution in [0.3, 0.4) is 0 Å². The molecule has 0 spiro atoms. The number of carbonyl (C=O) groups is 3. The first-order valence-electron chi connectivity index (χ1n) is 10.2. The van der Waals surface area contributed by atoms with Crippen LogP contribution in [0.15, 0.2) is 78.9 Å². The third kappa shape index (κ3) is 4.90. The van der Waals surface area contributed by atoms with Crippen molar-refractivity contribution in [2.24, 2.45) is 0 Å². The molecular formula is C24H18ClFN4O3S. The lowest BCUT2D eigenvalue weighted by Crippen LogP contribution is -2.49. The minimum Gasteiger partial charge on any atom is -0.324 e. The molecule has 0 saturated carbocycles. The van der Waals surface area contributed by atoms with Gasteiger partial charge in [-0.15, -0.1) is 0 Å². The van der Waals surface area contributed by atoms with Crippen LogP contribution < -0.4 is 15.6 Å². The zero-order chi connectivity index (χ0) is 24.2. The lowest BCUT2D eigenvalue weighted by Gasteiger charge is -2.24. The number of para-hydroxylation sites is 2. The molecule has 7 nitrogen and oxygen atoms in total. The molecule has 2 N–H and O–H groups in total. The summed E-state index contributed by atoms with van der Waals surface area (Å²) in [5.41, 5.74) is 3.37. The van der Waals surface area contributed by atoms with E-state index >= 15 is 0 Å². The maximum atomic E-state index is 14.0. The third-order valence-corrected chi connectivity index (χ3v) is 5.72. The van der Waals surface area contributed by atoms with Crippen LogP contribution >= 0.6 is 23.8 Å². The maximum Gasteiger partial charge on any atom is 0.269 e. The van der Waals surface area contributed by atoms with Crippen molar-refractivity contribution in [3.8, 4) is 0 Å². The van der Waals surface area contributed by atoms with Gasteiger partial charge in [0.2, 0.25) is 11.0 Å². The molecule has 0 bridgehead atoms. The fourth-order valence-corrected chi connectivity index (χ4v) is 3.92. The smallest absolute Gasteiger partial charge is 0.269 e. The van der Waals surface area contributed by atoms with Crippen molar-refractivity contribution in [2.45, 2.75) is 12.5 Å². The molecule has 1 unspecified atom stereocenters. The Hall–Kier alpha value is -3.82. The molecule has 4 rings (SSSR count). The van der Waals surface area contributed by atoms with Crippen LogP contribution in [0.4, 0.5) is 15.8 Å². The largest absolute Gasteiger partial charge is 0.324 e. The van der Waals surface area contributed by atoms with Crippen LogP contribution in [-0.2, 0) is 9.59 Å². The standard InChI is InChI=1S/C24H18ClFN4O3S/c25-16-12-10-15(11-13-16)22(32)28-30-20(14-21(31)27-19-9-5-4-8-18(19)26)23(33)29(24(30)34)17-6-2-1-3-7-17/h1-13,20H,14H2,(H,27,31)(H,28,32). The van der Waals surface area contributed by atoms with Gasteiger partial charge in [-0.05, 0) is 60.7 Å². The Morgan fingerprint density at radius 3 is 2.29 bits per heavy atom. The Morgan fingerprint density at radius 2 is 1.62 bits per heavy atom. The Kier molecular flexibility index (Phi) is 6.85. The zero-order valence-corrected chi connectivity index (χ0v) is 19.1. The van der Waals surface area contributed by atoms with Gasteiger partial charge in [0.05, 0.1) is 17.8 Å². The van der Waals surface area contributed by atoms with E-state index in [1.54, 1.807) is 48.5 Å². The summed E-state index contributed by atoms with van der Waals surface area (Å²) in [4.78, 5) is 40.1. The number of benzene rings is 3. The van der Waals surface area contributed by atoms with E-state index in [4.69, 9.17) is 23.8 Å². The maximum absolute atomic E-state index is 14.0. The SMILES string of the molecule is O=C(CC1C(=O)N(c2ccccc2)C(=S)N1NC(=O)c1ccc(Cl)cc1)Nc1ccccc1F. The summed E-state index contributed by atoms with van der Waals surface area (Å²) in [6.45, 7) is 0. The Balaban J connectivity index is 1.60. The monoisotopic (exact) mass is 496 g/mol. The van der Waals surface area contributed by atoms with Gasteiger partial charge >= 0.3 is 0 Å². The van der Waals surface area contributed by atoms with E-state index in [9.17, 15) is 18.8 Å². The Bertz CT molecular complexity index is 1260. The van der Waals surface area contributed by atoms with Crippen LogP contribution in [-0.4, -0.2) is 33.9 Å². The molecule has 1 heterocycles. The van der Waals surface area contributed by atoms with E-state index in [0.29, 0.717) is 10.7 Å². The number of nitrogens with zero attached hydrogens (tertiary/aromatic N) is 2. The second-order valence-corrected chi connectivity index (χ2v) is 8.16. The Labute approximate surface area is 205 Å². The molecule has 0 aromatic heterocycles. The molecule has 0 aliphatic carbocycles. The molecule has 1 aliphatic heterocycles. The van der Waals surface area contributed by atoms with Crippen LogP contribution in [0, 0.1) is 5.82 Å². The predicted molar refractivity (Wildman–Crippen MR) is 131 cm³/mol. The number of hydrazine groups is 1. The van der Waals surface area contributed by atoms with Crippen molar-refractivity contribution in [1.29, 1.82) is 0 Å². The highest BCUT2D eigenvalue weighted by molar-refractivity contribution is 7.80. The molecule has 1 fully saturated rings. The van der Waals surface area contributed by atoms with E-state index in [0.717, 1.165) is 0 Å². The van der Waals surface area contributed by atoms with Crippen molar-refractivity contribution in [3.05, 3.63) is 95.3 Å². The number of hydrogen-bond donors (Lipinski definition) is 2. The lowest BCUT2D eigenvalue weighted by atomic mass is 10.1. The van der Waals surface area contributed by atoms with E-state index in [1.165, 1.54) is 40.2 Å². The van der Waals surface area contributed by atoms with Crippen molar-refractivity contribution < 1.29 is 18.8 Å². The number of amides is 3. The fraction of sp³-hybridized carbons (Fsp3) is 0.0833. The first kappa shape index (κ1) is 23.3. The average Bonchev–Trinajstić information content (AvgIpc) is 3.05. The summed E-state index contributed by atoms with van der Waals surface area (Å²) in [6.07, 6.45) is -0.377. The van der Waals surface area contributed by atoms with Gasteiger partial charge in [-0.1, -0.05) is 41.9 Å². The van der Waals surface area contributed by atoms with Gasteiger partial charge in [0.25, 0.3) is 11.8 Å². The summed E-state index contributed by atoms with van der Waals surface area (Å²) in [5.74, 6) is -2.27. The summed E-state index contributed by atoms with van der Waals surface area (Å²) < 4.78 is 14.0. The second kappa shape index (κ2) is 9.98. The van der Waals surface area contributed by atoms with Gasteiger partial charge in [0.1, 0.15) is 11.9 Å². The number of anilines is 2. The van der Waals surface area contributed by atoms with Crippen LogP contribution in [0.2, 0.25) is 5.02 Å². The quantitative estimate of drug-likeness (QED) is 0.501. The lowest BCUT2D eigenvalue weighted by molar-refractivity contribution is -0.124. The molecule has 10 heteroatoms. The van der Waals surface area contributed by atoms with E-state index in [1.807, 2.05) is 0 Å². The highest BCUT2D eigenvalue weighted by atomic mass is 35.5. The van der Waals surface area contributed by atoms with Gasteiger partial charge in [0.15, 0.2) is 0 Å². The summed E-state index contributed by atoms with van der Waals surface area (Å²) in [6, 6.07) is 19.3. The van der Waals surface area contributed by atoms with Crippen molar-refractivity contribution in [3.63, 3.8) is 0 Å². The average molecular weight is 497 g/mol. The second-order valence-electron chi connectivity index (χ2n) is 7.36. The number of halogens is 2. The third-order valence-electron chi connectivity index (χ3n) is 5.08. The van der Waals surface area contributed by atoms with E-state index in [2.05, 4.69) is 10.7 Å². The highest BCUT2D eigenvalue weighted by Gasteiger charge is 2.45. The van der Waals surface area contributed by atoms with E-state index < -0.39 is 29.6 Å². The molecule has 3 aromatic rings. The highest BCUT2D eigenvalue weighted by Crippen LogP contribution is 2.26. The fourth-order valence-electron chi connectivity index (χ4n) is 3.43. The molecule has 3 aromatic carbocycles. The molecule has 1 atom stereocenters. The summed E-state index contributed by atoms with van der Waals surface area (Å²) in [7, 11) is 0. The summed E-state index contributed by atoms with van der Waals surface area (Å²) in [5, 5.41) is 4.10. The number of thiocarbonyl (C=S) groups is 1. The zero-order valence-electron chi connectivity index (χ0n) is 17.6. The number of rotatable bonds is 6. The van der Waals surface area contributed by atoms with Crippen LogP contribution in [0.5, 0.6) is 0 Å². The van der Waals surface area contributed by atoms with Gasteiger partial charge < -0.3 is 5.32 Å². The molecule has 3 amide bonds. The minimum absolute atomic E-state index is 0.00204. The van der Waals surface area contributed by atoms with Gasteiger partial charge in [-0.25, -0.2) is 9.40 Å². The predicted octanol–water partition coefficient (Wildman–Crippen LogP) is 4.16. The Morgan fingerprint density at radius 1 is 0.971 bits per heavy atom.